The summed E-state index contributed by atoms with van der Waals surface area (Å²) in [5.74, 6) is 0.727. The lowest BCUT2D eigenvalue weighted by molar-refractivity contribution is -0.127. The number of benzene rings is 1. The van der Waals surface area contributed by atoms with E-state index in [2.05, 4.69) is 22.8 Å². The standard InChI is InChI=1S/C16H22N2O2/c1-11(16(19)18-14-6-7-14)20-15-8-2-12(3-9-15)10-17-13-4-5-13/h2-3,8-9,11,13-14,17H,4-7,10H2,1H3,(H,18,19). The van der Waals surface area contributed by atoms with Crippen LogP contribution in [0.4, 0.5) is 0 Å². The second kappa shape index (κ2) is 5.83. The number of carbonyl (C=O) groups is 1. The highest BCUT2D eigenvalue weighted by Crippen LogP contribution is 2.21. The van der Waals surface area contributed by atoms with Gasteiger partial charge in [0.05, 0.1) is 0 Å². The van der Waals surface area contributed by atoms with E-state index >= 15 is 0 Å². The molecule has 0 radical (unpaired) electrons. The minimum atomic E-state index is -0.439. The maximum atomic E-state index is 11.8. The molecule has 2 fully saturated rings. The molecule has 3 rings (SSSR count). The van der Waals surface area contributed by atoms with Gasteiger partial charge in [0.1, 0.15) is 5.75 Å². The van der Waals surface area contributed by atoms with E-state index in [4.69, 9.17) is 4.74 Å². The molecule has 2 saturated carbocycles. The second-order valence-electron chi connectivity index (χ2n) is 5.84. The van der Waals surface area contributed by atoms with Crippen molar-refractivity contribution in [3.05, 3.63) is 29.8 Å². The zero-order chi connectivity index (χ0) is 13.9. The van der Waals surface area contributed by atoms with E-state index in [0.29, 0.717) is 6.04 Å². The van der Waals surface area contributed by atoms with Crippen LogP contribution in [-0.4, -0.2) is 24.1 Å². The molecule has 4 nitrogen and oxygen atoms in total. The highest BCUT2D eigenvalue weighted by molar-refractivity contribution is 5.81. The molecule has 1 atom stereocenters. The van der Waals surface area contributed by atoms with Gasteiger partial charge in [-0.3, -0.25) is 4.79 Å². The number of carbonyl (C=O) groups excluding carboxylic acids is 1. The predicted molar refractivity (Wildman–Crippen MR) is 77.6 cm³/mol. The van der Waals surface area contributed by atoms with Gasteiger partial charge in [-0.2, -0.15) is 0 Å². The Morgan fingerprint density at radius 1 is 1.20 bits per heavy atom. The van der Waals surface area contributed by atoms with E-state index < -0.39 is 6.10 Å². The molecular weight excluding hydrogens is 252 g/mol. The van der Waals surface area contributed by atoms with E-state index in [0.717, 1.165) is 31.2 Å². The monoisotopic (exact) mass is 274 g/mol. The summed E-state index contributed by atoms with van der Waals surface area (Å²) in [6.07, 6.45) is 4.36. The van der Waals surface area contributed by atoms with Crippen molar-refractivity contribution >= 4 is 5.91 Å². The van der Waals surface area contributed by atoms with E-state index in [9.17, 15) is 4.79 Å². The fourth-order valence-corrected chi connectivity index (χ4v) is 2.04. The van der Waals surface area contributed by atoms with Gasteiger partial charge < -0.3 is 15.4 Å². The summed E-state index contributed by atoms with van der Waals surface area (Å²) in [5.41, 5.74) is 1.25. The third kappa shape index (κ3) is 3.97. The van der Waals surface area contributed by atoms with Crippen molar-refractivity contribution in [3.8, 4) is 5.75 Å². The number of hydrogen-bond donors (Lipinski definition) is 2. The fraction of sp³-hybridized carbons (Fsp3) is 0.562. The maximum Gasteiger partial charge on any atom is 0.260 e. The van der Waals surface area contributed by atoms with E-state index in [-0.39, 0.29) is 5.91 Å². The molecule has 2 aliphatic rings. The average molecular weight is 274 g/mol. The highest BCUT2D eigenvalue weighted by atomic mass is 16.5. The Balaban J connectivity index is 1.47. The van der Waals surface area contributed by atoms with Crippen molar-refractivity contribution in [2.24, 2.45) is 0 Å². The molecule has 0 aliphatic heterocycles. The zero-order valence-electron chi connectivity index (χ0n) is 11.9. The zero-order valence-corrected chi connectivity index (χ0v) is 11.9. The van der Waals surface area contributed by atoms with Crippen molar-refractivity contribution < 1.29 is 9.53 Å². The van der Waals surface area contributed by atoms with Crippen LogP contribution >= 0.6 is 0 Å². The summed E-state index contributed by atoms with van der Waals surface area (Å²) in [6.45, 7) is 2.70. The van der Waals surface area contributed by atoms with Gasteiger partial charge in [0, 0.05) is 18.6 Å². The quantitative estimate of drug-likeness (QED) is 0.799. The Bertz CT molecular complexity index is 464. The third-order valence-electron chi connectivity index (χ3n) is 3.70. The lowest BCUT2D eigenvalue weighted by Crippen LogP contribution is -2.37. The molecule has 2 N–H and O–H groups in total. The SMILES string of the molecule is CC(Oc1ccc(CNC2CC2)cc1)C(=O)NC1CC1. The topological polar surface area (TPSA) is 50.4 Å². The van der Waals surface area contributed by atoms with Crippen LogP contribution in [0.15, 0.2) is 24.3 Å². The van der Waals surface area contributed by atoms with E-state index in [1.807, 2.05) is 12.1 Å². The van der Waals surface area contributed by atoms with Crippen molar-refractivity contribution in [3.63, 3.8) is 0 Å². The summed E-state index contributed by atoms with van der Waals surface area (Å²) < 4.78 is 5.67. The molecule has 20 heavy (non-hydrogen) atoms. The average Bonchev–Trinajstić information content (AvgIpc) is 3.33. The van der Waals surface area contributed by atoms with E-state index in [1.165, 1.54) is 18.4 Å². The van der Waals surface area contributed by atoms with E-state index in [1.54, 1.807) is 6.92 Å². The third-order valence-corrected chi connectivity index (χ3v) is 3.70. The normalized spacial score (nSPS) is 19.4. The predicted octanol–water partition coefficient (Wildman–Crippen LogP) is 1.98. The first kappa shape index (κ1) is 13.4. The van der Waals surface area contributed by atoms with Gasteiger partial charge in [-0.05, 0) is 50.3 Å². The van der Waals surface area contributed by atoms with Crippen LogP contribution in [0.5, 0.6) is 5.75 Å². The minimum Gasteiger partial charge on any atom is -0.481 e. The number of rotatable bonds is 7. The molecular formula is C16H22N2O2. The van der Waals surface area contributed by atoms with Gasteiger partial charge >= 0.3 is 0 Å². The number of amides is 1. The molecule has 108 valence electrons. The molecule has 4 heteroatoms. The minimum absolute atomic E-state index is 0.0213. The van der Waals surface area contributed by atoms with Crippen molar-refractivity contribution in [1.29, 1.82) is 0 Å². The molecule has 0 spiro atoms. The summed E-state index contributed by atoms with van der Waals surface area (Å²) in [4.78, 5) is 11.8. The Hall–Kier alpha value is -1.55. The summed E-state index contributed by atoms with van der Waals surface area (Å²) in [7, 11) is 0. The number of ether oxygens (including phenoxy) is 1. The van der Waals surface area contributed by atoms with Crippen molar-refractivity contribution in [1.82, 2.24) is 10.6 Å². The lowest BCUT2D eigenvalue weighted by atomic mass is 10.2. The smallest absolute Gasteiger partial charge is 0.260 e. The summed E-state index contributed by atoms with van der Waals surface area (Å²) in [5, 5.41) is 6.43. The van der Waals surface area contributed by atoms with Gasteiger partial charge in [0.2, 0.25) is 0 Å². The van der Waals surface area contributed by atoms with Crippen LogP contribution in [0.2, 0.25) is 0 Å². The molecule has 2 aliphatic carbocycles. The van der Waals surface area contributed by atoms with Crippen LogP contribution in [0, 0.1) is 0 Å². The van der Waals surface area contributed by atoms with Crippen LogP contribution in [0.3, 0.4) is 0 Å². The Labute approximate surface area is 119 Å². The van der Waals surface area contributed by atoms with Gasteiger partial charge in [0.25, 0.3) is 5.91 Å². The number of nitrogens with one attached hydrogen (secondary N) is 2. The first-order chi connectivity index (χ1) is 9.70. The highest BCUT2D eigenvalue weighted by Gasteiger charge is 2.26. The Morgan fingerprint density at radius 2 is 1.85 bits per heavy atom. The lowest BCUT2D eigenvalue weighted by Gasteiger charge is -2.14. The Kier molecular flexibility index (Phi) is 3.92. The Morgan fingerprint density at radius 3 is 2.45 bits per heavy atom. The summed E-state index contributed by atoms with van der Waals surface area (Å²) >= 11 is 0. The molecule has 1 amide bonds. The maximum absolute atomic E-state index is 11.8. The molecule has 0 heterocycles. The van der Waals surface area contributed by atoms with Crippen LogP contribution in [0.25, 0.3) is 0 Å². The molecule has 1 aromatic rings. The molecule has 1 aromatic carbocycles. The van der Waals surface area contributed by atoms with Gasteiger partial charge in [-0.15, -0.1) is 0 Å². The first-order valence-corrected chi connectivity index (χ1v) is 7.50. The largest absolute Gasteiger partial charge is 0.481 e. The summed E-state index contributed by atoms with van der Waals surface area (Å²) in [6, 6.07) is 9.07. The van der Waals surface area contributed by atoms with Crippen LogP contribution in [-0.2, 0) is 11.3 Å². The second-order valence-corrected chi connectivity index (χ2v) is 5.84. The number of hydrogen-bond acceptors (Lipinski definition) is 3. The van der Waals surface area contributed by atoms with Crippen LogP contribution in [0.1, 0.15) is 38.2 Å². The van der Waals surface area contributed by atoms with Gasteiger partial charge in [-0.1, -0.05) is 12.1 Å². The molecule has 0 aromatic heterocycles. The fourth-order valence-electron chi connectivity index (χ4n) is 2.04. The van der Waals surface area contributed by atoms with Gasteiger partial charge in [0.15, 0.2) is 6.10 Å². The van der Waals surface area contributed by atoms with Crippen molar-refractivity contribution in [2.75, 3.05) is 0 Å². The van der Waals surface area contributed by atoms with Crippen molar-refractivity contribution in [2.45, 2.75) is 57.3 Å². The molecule has 0 saturated heterocycles. The van der Waals surface area contributed by atoms with Gasteiger partial charge in [-0.25, -0.2) is 0 Å². The molecule has 0 bridgehead atoms. The first-order valence-electron chi connectivity index (χ1n) is 7.50. The molecule has 1 unspecified atom stereocenters. The van der Waals surface area contributed by atoms with Crippen LogP contribution < -0.4 is 15.4 Å².